The summed E-state index contributed by atoms with van der Waals surface area (Å²) in [5.74, 6) is -2.06. The van der Waals surface area contributed by atoms with Crippen LogP contribution in [0.3, 0.4) is 0 Å². The highest BCUT2D eigenvalue weighted by Crippen LogP contribution is 2.25. The Morgan fingerprint density at radius 2 is 2.28 bits per heavy atom. The van der Waals surface area contributed by atoms with E-state index in [2.05, 4.69) is 9.97 Å². The fraction of sp³-hybridized carbons (Fsp3) is 0.545. The number of rotatable bonds is 3. The number of likely N-dealkylation sites (N-methyl/N-ethyl adjacent to an activating group) is 1. The Bertz CT molecular complexity index is 469. The zero-order valence-corrected chi connectivity index (χ0v) is 10.1. The van der Waals surface area contributed by atoms with Crippen LogP contribution in [0.4, 0.5) is 10.2 Å². The average Bonchev–Trinajstić information content (AvgIpc) is 2.81. The van der Waals surface area contributed by atoms with Crippen molar-refractivity contribution in [2.24, 2.45) is 5.92 Å². The molecule has 0 saturated carbocycles. The summed E-state index contributed by atoms with van der Waals surface area (Å²) in [7, 11) is 1.61. The van der Waals surface area contributed by atoms with Crippen LogP contribution >= 0.6 is 0 Å². The second-order valence-electron chi connectivity index (χ2n) is 4.26. The van der Waals surface area contributed by atoms with Gasteiger partial charge in [-0.05, 0) is 6.92 Å². The van der Waals surface area contributed by atoms with Crippen LogP contribution in [0.25, 0.3) is 0 Å². The van der Waals surface area contributed by atoms with Crippen molar-refractivity contribution in [3.05, 3.63) is 17.8 Å². The molecule has 0 spiro atoms. The number of anilines is 1. The van der Waals surface area contributed by atoms with Crippen LogP contribution in [0.2, 0.25) is 0 Å². The number of carboxylic acid groups (broad SMARTS) is 1. The minimum absolute atomic E-state index is 0.101. The highest BCUT2D eigenvalue weighted by Gasteiger charge is 2.38. The molecule has 1 fully saturated rings. The van der Waals surface area contributed by atoms with Gasteiger partial charge in [0.15, 0.2) is 11.6 Å². The van der Waals surface area contributed by atoms with Gasteiger partial charge < -0.3 is 14.7 Å². The molecule has 2 unspecified atom stereocenters. The number of ether oxygens (including phenoxy) is 1. The maximum absolute atomic E-state index is 13.9. The number of aromatic nitrogens is 2. The lowest BCUT2D eigenvalue weighted by Crippen LogP contribution is -2.41. The molecule has 1 aliphatic rings. The summed E-state index contributed by atoms with van der Waals surface area (Å²) in [6.45, 7) is 1.92. The van der Waals surface area contributed by atoms with Gasteiger partial charge in [0.25, 0.3) is 0 Å². The van der Waals surface area contributed by atoms with Crippen molar-refractivity contribution in [3.63, 3.8) is 0 Å². The molecule has 7 heteroatoms. The first-order chi connectivity index (χ1) is 8.52. The predicted octanol–water partition coefficient (Wildman–Crippen LogP) is 0.460. The highest BCUT2D eigenvalue weighted by atomic mass is 19.1. The van der Waals surface area contributed by atoms with Gasteiger partial charge in [-0.2, -0.15) is 0 Å². The normalized spacial score (nSPS) is 23.1. The Balaban J connectivity index is 2.28. The maximum Gasteiger partial charge on any atom is 0.311 e. The van der Waals surface area contributed by atoms with Crippen molar-refractivity contribution in [3.8, 4) is 0 Å². The van der Waals surface area contributed by atoms with Crippen LogP contribution in [0.1, 0.15) is 5.69 Å². The number of carboxylic acids is 1. The predicted molar refractivity (Wildman–Crippen MR) is 60.9 cm³/mol. The fourth-order valence-corrected chi connectivity index (χ4v) is 2.01. The third-order valence-electron chi connectivity index (χ3n) is 3.14. The molecule has 1 aromatic heterocycles. The molecule has 1 N–H and O–H groups in total. The molecule has 2 heterocycles. The van der Waals surface area contributed by atoms with Crippen molar-refractivity contribution in [2.45, 2.75) is 13.0 Å². The zero-order valence-electron chi connectivity index (χ0n) is 10.1. The van der Waals surface area contributed by atoms with E-state index in [9.17, 15) is 9.18 Å². The third-order valence-corrected chi connectivity index (χ3v) is 3.14. The summed E-state index contributed by atoms with van der Waals surface area (Å²) in [6.07, 6.45) is 1.26. The minimum Gasteiger partial charge on any atom is -0.481 e. The van der Waals surface area contributed by atoms with Crippen LogP contribution in [-0.4, -0.2) is 47.3 Å². The van der Waals surface area contributed by atoms with Gasteiger partial charge in [-0.1, -0.05) is 0 Å². The van der Waals surface area contributed by atoms with Crippen molar-refractivity contribution in [1.29, 1.82) is 0 Å². The van der Waals surface area contributed by atoms with Crippen LogP contribution in [0.5, 0.6) is 0 Å². The Morgan fingerprint density at radius 3 is 2.94 bits per heavy atom. The molecule has 98 valence electrons. The molecule has 18 heavy (non-hydrogen) atoms. The van der Waals surface area contributed by atoms with Gasteiger partial charge in [0, 0.05) is 7.05 Å². The Hall–Kier alpha value is -1.76. The van der Waals surface area contributed by atoms with E-state index in [-0.39, 0.29) is 24.7 Å². The summed E-state index contributed by atoms with van der Waals surface area (Å²) in [4.78, 5) is 20.2. The molecule has 2 rings (SSSR count). The Kier molecular flexibility index (Phi) is 3.42. The van der Waals surface area contributed by atoms with Crippen LogP contribution in [0.15, 0.2) is 6.33 Å². The van der Waals surface area contributed by atoms with Crippen LogP contribution in [0, 0.1) is 18.7 Å². The van der Waals surface area contributed by atoms with Crippen molar-refractivity contribution in [2.75, 3.05) is 25.2 Å². The van der Waals surface area contributed by atoms with E-state index in [0.29, 0.717) is 0 Å². The van der Waals surface area contributed by atoms with Gasteiger partial charge in [0.1, 0.15) is 12.2 Å². The van der Waals surface area contributed by atoms with Gasteiger partial charge >= 0.3 is 5.97 Å². The van der Waals surface area contributed by atoms with E-state index in [1.165, 1.54) is 18.2 Å². The van der Waals surface area contributed by atoms with Gasteiger partial charge in [-0.15, -0.1) is 0 Å². The van der Waals surface area contributed by atoms with Gasteiger partial charge in [0.05, 0.1) is 24.9 Å². The van der Waals surface area contributed by atoms with E-state index < -0.39 is 23.7 Å². The smallest absolute Gasteiger partial charge is 0.311 e. The highest BCUT2D eigenvalue weighted by molar-refractivity contribution is 5.72. The molecular formula is C11H14FN3O3. The zero-order chi connectivity index (χ0) is 13.3. The number of hydrogen-bond acceptors (Lipinski definition) is 5. The van der Waals surface area contributed by atoms with Crippen molar-refractivity contribution in [1.82, 2.24) is 9.97 Å². The standard InChI is InChI=1S/C11H14FN3O3/c1-6-9(12)10(14-5-13-6)15(2)8-4-18-3-7(8)11(16)17/h5,7-8H,3-4H2,1-2H3,(H,16,17). The topological polar surface area (TPSA) is 75.5 Å². The summed E-state index contributed by atoms with van der Waals surface area (Å²) in [5.41, 5.74) is 0.234. The van der Waals surface area contributed by atoms with E-state index >= 15 is 0 Å². The molecule has 0 bridgehead atoms. The number of carbonyl (C=O) groups is 1. The van der Waals surface area contributed by atoms with Gasteiger partial charge in [-0.3, -0.25) is 4.79 Å². The molecule has 0 amide bonds. The summed E-state index contributed by atoms with van der Waals surface area (Å²) < 4.78 is 19.0. The van der Waals surface area contributed by atoms with E-state index in [4.69, 9.17) is 9.84 Å². The lowest BCUT2D eigenvalue weighted by atomic mass is 10.0. The summed E-state index contributed by atoms with van der Waals surface area (Å²) >= 11 is 0. The van der Waals surface area contributed by atoms with E-state index in [0.717, 1.165) is 0 Å². The average molecular weight is 255 g/mol. The Labute approximate surface area is 103 Å². The molecule has 1 aromatic rings. The lowest BCUT2D eigenvalue weighted by molar-refractivity contribution is -0.141. The molecule has 6 nitrogen and oxygen atoms in total. The molecule has 1 aliphatic heterocycles. The number of halogens is 1. The summed E-state index contributed by atoms with van der Waals surface area (Å²) in [5, 5.41) is 9.07. The fourth-order valence-electron chi connectivity index (χ4n) is 2.01. The maximum atomic E-state index is 13.9. The first-order valence-corrected chi connectivity index (χ1v) is 5.53. The third kappa shape index (κ3) is 2.13. The molecular weight excluding hydrogens is 241 g/mol. The number of nitrogens with zero attached hydrogens (tertiary/aromatic N) is 3. The first kappa shape index (κ1) is 12.7. The lowest BCUT2D eigenvalue weighted by Gasteiger charge is -2.27. The molecule has 0 aromatic carbocycles. The first-order valence-electron chi connectivity index (χ1n) is 5.53. The molecule has 0 aliphatic carbocycles. The largest absolute Gasteiger partial charge is 0.481 e. The van der Waals surface area contributed by atoms with E-state index in [1.54, 1.807) is 7.05 Å². The number of aryl methyl sites for hydroxylation is 1. The van der Waals surface area contributed by atoms with Crippen LogP contribution in [-0.2, 0) is 9.53 Å². The van der Waals surface area contributed by atoms with Crippen LogP contribution < -0.4 is 4.90 Å². The molecule has 0 radical (unpaired) electrons. The summed E-state index contributed by atoms with van der Waals surface area (Å²) in [6, 6.07) is -0.425. The number of hydrogen-bond donors (Lipinski definition) is 1. The quantitative estimate of drug-likeness (QED) is 0.845. The van der Waals surface area contributed by atoms with Crippen molar-refractivity contribution < 1.29 is 19.0 Å². The number of aliphatic carboxylic acids is 1. The SMILES string of the molecule is Cc1ncnc(N(C)C2COCC2C(=O)O)c1F. The van der Waals surface area contributed by atoms with E-state index in [1.807, 2.05) is 0 Å². The van der Waals surface area contributed by atoms with Crippen molar-refractivity contribution >= 4 is 11.8 Å². The monoisotopic (exact) mass is 255 g/mol. The Morgan fingerprint density at radius 1 is 1.56 bits per heavy atom. The second-order valence-corrected chi connectivity index (χ2v) is 4.26. The van der Waals surface area contributed by atoms with Gasteiger partial charge in [-0.25, -0.2) is 14.4 Å². The molecule has 2 atom stereocenters. The van der Waals surface area contributed by atoms with Gasteiger partial charge in [0.2, 0.25) is 0 Å². The molecule has 1 saturated heterocycles. The minimum atomic E-state index is -0.949. The second kappa shape index (κ2) is 4.85.